The predicted octanol–water partition coefficient (Wildman–Crippen LogP) is 2.64. The van der Waals surface area contributed by atoms with Crippen LogP contribution in [0.15, 0.2) is 0 Å². The second-order valence-corrected chi connectivity index (χ2v) is 4.93. The normalized spacial score (nSPS) is 25.4. The fourth-order valence-corrected chi connectivity index (χ4v) is 2.64. The smallest absolute Gasteiger partial charge is 0.00702 e. The van der Waals surface area contributed by atoms with Crippen molar-refractivity contribution in [3.8, 4) is 0 Å². The molecule has 2 atom stereocenters. The predicted molar refractivity (Wildman–Crippen MR) is 67.3 cm³/mol. The van der Waals surface area contributed by atoms with Crippen LogP contribution in [0, 0.1) is 0 Å². The zero-order chi connectivity index (χ0) is 11.1. The van der Waals surface area contributed by atoms with Crippen molar-refractivity contribution in [2.45, 2.75) is 65.0 Å². The van der Waals surface area contributed by atoms with Crippen LogP contribution < -0.4 is 5.32 Å². The molecule has 0 bridgehead atoms. The molecule has 1 N–H and O–H groups in total. The lowest BCUT2D eigenvalue weighted by molar-refractivity contribution is 0.108. The maximum atomic E-state index is 3.40. The summed E-state index contributed by atoms with van der Waals surface area (Å²) >= 11 is 0. The number of piperidine rings is 1. The number of hydrogen-bond acceptors (Lipinski definition) is 2. The first kappa shape index (κ1) is 13.0. The van der Waals surface area contributed by atoms with Crippen LogP contribution in [-0.4, -0.2) is 36.6 Å². The van der Waals surface area contributed by atoms with Gasteiger partial charge in [-0.1, -0.05) is 13.3 Å². The monoisotopic (exact) mass is 212 g/mol. The van der Waals surface area contributed by atoms with Gasteiger partial charge in [0.15, 0.2) is 0 Å². The van der Waals surface area contributed by atoms with Crippen LogP contribution in [0.4, 0.5) is 0 Å². The van der Waals surface area contributed by atoms with Gasteiger partial charge in [-0.2, -0.15) is 0 Å². The van der Waals surface area contributed by atoms with Gasteiger partial charge in [0.2, 0.25) is 0 Å². The van der Waals surface area contributed by atoms with Crippen molar-refractivity contribution < 1.29 is 0 Å². The molecule has 0 aromatic carbocycles. The second-order valence-electron chi connectivity index (χ2n) is 4.93. The lowest BCUT2D eigenvalue weighted by atomic mass is 10.00. The molecule has 2 nitrogen and oxygen atoms in total. The van der Waals surface area contributed by atoms with Gasteiger partial charge < -0.3 is 5.32 Å². The summed E-state index contributed by atoms with van der Waals surface area (Å²) in [4.78, 5) is 2.70. The summed E-state index contributed by atoms with van der Waals surface area (Å²) < 4.78 is 0. The Morgan fingerprint density at radius 1 is 1.40 bits per heavy atom. The minimum atomic E-state index is 0.777. The molecule has 0 saturated carbocycles. The standard InChI is InChI=1S/C13H28N2/c1-4-14-10-7-9-13(3)15-11-6-5-8-12(15)2/h12-14H,4-11H2,1-3H3. The van der Waals surface area contributed by atoms with Crippen LogP contribution in [0.3, 0.4) is 0 Å². The van der Waals surface area contributed by atoms with Crippen LogP contribution in [0.2, 0.25) is 0 Å². The Balaban J connectivity index is 2.16. The van der Waals surface area contributed by atoms with Crippen molar-refractivity contribution in [1.82, 2.24) is 10.2 Å². The fourth-order valence-electron chi connectivity index (χ4n) is 2.64. The molecule has 1 heterocycles. The van der Waals surface area contributed by atoms with Gasteiger partial charge in [0.05, 0.1) is 0 Å². The quantitative estimate of drug-likeness (QED) is 0.681. The van der Waals surface area contributed by atoms with Crippen LogP contribution >= 0.6 is 0 Å². The van der Waals surface area contributed by atoms with E-state index in [0.29, 0.717) is 0 Å². The lowest BCUT2D eigenvalue weighted by Gasteiger charge is -2.38. The van der Waals surface area contributed by atoms with Gasteiger partial charge in [0.1, 0.15) is 0 Å². The van der Waals surface area contributed by atoms with E-state index in [9.17, 15) is 0 Å². The topological polar surface area (TPSA) is 15.3 Å². The zero-order valence-corrected chi connectivity index (χ0v) is 10.8. The summed E-state index contributed by atoms with van der Waals surface area (Å²) in [6.45, 7) is 10.6. The minimum Gasteiger partial charge on any atom is -0.317 e. The molecular formula is C13H28N2. The maximum absolute atomic E-state index is 3.40. The van der Waals surface area contributed by atoms with E-state index in [-0.39, 0.29) is 0 Å². The van der Waals surface area contributed by atoms with E-state index in [4.69, 9.17) is 0 Å². The highest BCUT2D eigenvalue weighted by Crippen LogP contribution is 2.20. The molecule has 1 aliphatic heterocycles. The third-order valence-electron chi connectivity index (χ3n) is 3.65. The van der Waals surface area contributed by atoms with Crippen LogP contribution in [0.1, 0.15) is 52.9 Å². The first-order valence-corrected chi connectivity index (χ1v) is 6.72. The van der Waals surface area contributed by atoms with E-state index in [1.807, 2.05) is 0 Å². The summed E-state index contributed by atoms with van der Waals surface area (Å²) in [6, 6.07) is 1.59. The summed E-state index contributed by atoms with van der Waals surface area (Å²) in [5.74, 6) is 0. The van der Waals surface area contributed by atoms with Gasteiger partial charge in [-0.25, -0.2) is 0 Å². The number of rotatable bonds is 6. The Morgan fingerprint density at radius 3 is 2.87 bits per heavy atom. The first-order chi connectivity index (χ1) is 7.25. The zero-order valence-electron chi connectivity index (χ0n) is 10.8. The van der Waals surface area contributed by atoms with E-state index < -0.39 is 0 Å². The van der Waals surface area contributed by atoms with Gasteiger partial charge in [-0.3, -0.25) is 4.90 Å². The Labute approximate surface area is 95.4 Å². The molecule has 2 heteroatoms. The summed E-state index contributed by atoms with van der Waals surface area (Å²) in [5, 5.41) is 3.40. The van der Waals surface area contributed by atoms with Crippen molar-refractivity contribution in [2.24, 2.45) is 0 Å². The molecule has 0 spiro atoms. The van der Waals surface area contributed by atoms with Gasteiger partial charge in [0.25, 0.3) is 0 Å². The molecule has 1 rings (SSSR count). The number of nitrogens with zero attached hydrogens (tertiary/aromatic N) is 1. The highest BCUT2D eigenvalue weighted by Gasteiger charge is 2.22. The van der Waals surface area contributed by atoms with Crippen molar-refractivity contribution in [2.75, 3.05) is 19.6 Å². The van der Waals surface area contributed by atoms with Crippen LogP contribution in [-0.2, 0) is 0 Å². The van der Waals surface area contributed by atoms with E-state index >= 15 is 0 Å². The Hall–Kier alpha value is -0.0800. The van der Waals surface area contributed by atoms with Gasteiger partial charge >= 0.3 is 0 Å². The molecule has 90 valence electrons. The van der Waals surface area contributed by atoms with E-state index in [1.54, 1.807) is 0 Å². The molecule has 15 heavy (non-hydrogen) atoms. The molecule has 2 unspecified atom stereocenters. The van der Waals surface area contributed by atoms with Gasteiger partial charge in [-0.15, -0.1) is 0 Å². The molecule has 1 fully saturated rings. The molecule has 0 aliphatic carbocycles. The molecule has 1 aliphatic rings. The summed E-state index contributed by atoms with van der Waals surface area (Å²) in [6.07, 6.45) is 6.90. The average molecular weight is 212 g/mol. The van der Waals surface area contributed by atoms with Crippen molar-refractivity contribution in [3.05, 3.63) is 0 Å². The Kier molecular flexibility index (Phi) is 6.26. The van der Waals surface area contributed by atoms with Gasteiger partial charge in [-0.05, 0) is 59.2 Å². The molecule has 0 radical (unpaired) electrons. The minimum absolute atomic E-state index is 0.777. The maximum Gasteiger partial charge on any atom is 0.00702 e. The van der Waals surface area contributed by atoms with Crippen LogP contribution in [0.25, 0.3) is 0 Å². The lowest BCUT2D eigenvalue weighted by Crippen LogP contribution is -2.43. The second kappa shape index (κ2) is 7.24. The highest BCUT2D eigenvalue weighted by atomic mass is 15.2. The molecule has 0 aromatic heterocycles. The van der Waals surface area contributed by atoms with Crippen LogP contribution in [0.5, 0.6) is 0 Å². The molecule has 0 amide bonds. The summed E-state index contributed by atoms with van der Waals surface area (Å²) in [7, 11) is 0. The van der Waals surface area contributed by atoms with Gasteiger partial charge in [0, 0.05) is 12.1 Å². The Morgan fingerprint density at radius 2 is 2.20 bits per heavy atom. The number of nitrogens with one attached hydrogen (secondary N) is 1. The molecular weight excluding hydrogens is 184 g/mol. The van der Waals surface area contributed by atoms with Crippen molar-refractivity contribution in [1.29, 1.82) is 0 Å². The third-order valence-corrected chi connectivity index (χ3v) is 3.65. The molecule has 1 saturated heterocycles. The fraction of sp³-hybridized carbons (Fsp3) is 1.00. The number of hydrogen-bond donors (Lipinski definition) is 1. The average Bonchev–Trinajstić information content (AvgIpc) is 2.25. The summed E-state index contributed by atoms with van der Waals surface area (Å²) in [5.41, 5.74) is 0. The van der Waals surface area contributed by atoms with E-state index in [1.165, 1.54) is 45.2 Å². The first-order valence-electron chi connectivity index (χ1n) is 6.72. The third kappa shape index (κ3) is 4.52. The Bertz CT molecular complexity index is 159. The number of likely N-dealkylation sites (tertiary alicyclic amines) is 1. The van der Waals surface area contributed by atoms with E-state index in [0.717, 1.165) is 18.6 Å². The largest absolute Gasteiger partial charge is 0.317 e. The molecule has 0 aromatic rings. The van der Waals surface area contributed by atoms with Crippen molar-refractivity contribution >= 4 is 0 Å². The van der Waals surface area contributed by atoms with E-state index in [2.05, 4.69) is 31.0 Å². The SMILES string of the molecule is CCNCCCC(C)N1CCCCC1C. The van der Waals surface area contributed by atoms with Crippen molar-refractivity contribution in [3.63, 3.8) is 0 Å². The highest BCUT2D eigenvalue weighted by molar-refractivity contribution is 4.77.